The predicted molar refractivity (Wildman–Crippen MR) is 190 cm³/mol. The number of aromatic hydroxyl groups is 1. The van der Waals surface area contributed by atoms with Crippen molar-refractivity contribution in [1.82, 2.24) is 15.2 Å². The fraction of sp³-hybridized carbons (Fsp3) is 0.421. The van der Waals surface area contributed by atoms with Crippen molar-refractivity contribution < 1.29 is 20.1 Å². The number of anilines is 1. The van der Waals surface area contributed by atoms with E-state index in [0.29, 0.717) is 28.7 Å². The maximum Gasteiger partial charge on any atom is 0.409 e. The van der Waals surface area contributed by atoms with Gasteiger partial charge in [-0.3, -0.25) is 10.1 Å². The van der Waals surface area contributed by atoms with Crippen molar-refractivity contribution in [3.8, 4) is 16.9 Å². The first-order chi connectivity index (χ1) is 22.9. The van der Waals surface area contributed by atoms with E-state index < -0.39 is 12.2 Å². The van der Waals surface area contributed by atoms with Gasteiger partial charge in [-0.2, -0.15) is 0 Å². The molecule has 1 aliphatic rings. The number of aromatic nitrogens is 1. The van der Waals surface area contributed by atoms with Crippen LogP contribution in [0.5, 0.6) is 5.75 Å². The molecule has 1 atom stereocenters. The van der Waals surface area contributed by atoms with Crippen molar-refractivity contribution in [2.45, 2.75) is 70.3 Å². The van der Waals surface area contributed by atoms with E-state index >= 15 is 0 Å². The van der Waals surface area contributed by atoms with Crippen LogP contribution in [0.3, 0.4) is 0 Å². The van der Waals surface area contributed by atoms with Crippen molar-refractivity contribution >= 4 is 22.7 Å². The molecule has 3 aromatic carbocycles. The number of hydrogen-bond donors (Lipinski definition) is 6. The smallest absolute Gasteiger partial charge is 0.409 e. The SMILES string of the molecule is O=C(O)Nc1ccccc1-c1ccccc1.O=c1ccc2c([C@@H](O)CNCCCCCCCCCN3CCCCC3)ccc(O)c2[nH]1. The number of pyridine rings is 1. The molecule has 0 aliphatic carbocycles. The van der Waals surface area contributed by atoms with E-state index in [2.05, 4.69) is 20.5 Å². The summed E-state index contributed by atoms with van der Waals surface area (Å²) in [6.07, 6.45) is 11.4. The number of phenols is 1. The van der Waals surface area contributed by atoms with Gasteiger partial charge in [0.25, 0.3) is 0 Å². The lowest BCUT2D eigenvalue weighted by Gasteiger charge is -2.26. The van der Waals surface area contributed by atoms with Crippen molar-refractivity contribution in [3.05, 3.63) is 94.8 Å². The first kappa shape index (κ1) is 35.7. The summed E-state index contributed by atoms with van der Waals surface area (Å²) in [5, 5.41) is 35.6. The van der Waals surface area contributed by atoms with Gasteiger partial charge in [0.1, 0.15) is 5.75 Å². The molecular formula is C38H50N4O5. The molecule has 1 saturated heterocycles. The molecule has 5 rings (SSSR count). The Bertz CT molecular complexity index is 1570. The van der Waals surface area contributed by atoms with Gasteiger partial charge < -0.3 is 30.5 Å². The highest BCUT2D eigenvalue weighted by Gasteiger charge is 2.14. The number of phenolic OH excluding ortho intramolecular Hbond substituents is 1. The molecule has 0 spiro atoms. The van der Waals surface area contributed by atoms with Crippen LogP contribution in [-0.2, 0) is 0 Å². The van der Waals surface area contributed by atoms with Crippen LogP contribution in [0, 0.1) is 0 Å². The van der Waals surface area contributed by atoms with Gasteiger partial charge in [0, 0.05) is 23.6 Å². The number of likely N-dealkylation sites (tertiary alicyclic amines) is 1. The van der Waals surface area contributed by atoms with Crippen molar-refractivity contribution in [3.63, 3.8) is 0 Å². The second-order valence-corrected chi connectivity index (χ2v) is 12.2. The van der Waals surface area contributed by atoms with Crippen molar-refractivity contribution in [1.29, 1.82) is 0 Å². The Kier molecular flexibility index (Phi) is 14.8. The fourth-order valence-corrected chi connectivity index (χ4v) is 6.13. The molecule has 0 bridgehead atoms. The second kappa shape index (κ2) is 19.5. The molecule has 1 amide bonds. The Balaban J connectivity index is 0.000000261. The standard InChI is InChI=1S/C25H39N3O3.C13H11NO2/c29-22-13-11-20(21-12-14-24(31)27-25(21)22)23(30)19-26-15-7-4-2-1-3-5-8-16-28-17-9-6-10-18-28;15-13(16)14-12-9-5-4-8-11(12)10-6-2-1-3-7-10/h11-14,23,26,29-30H,1-10,15-19H2,(H,27,31);1-9,14H,(H,15,16)/t23-;/m0./s1. The molecule has 6 N–H and O–H groups in total. The van der Waals surface area contributed by atoms with Crippen LogP contribution in [0.25, 0.3) is 22.0 Å². The summed E-state index contributed by atoms with van der Waals surface area (Å²) in [6, 6.07) is 23.3. The molecule has 0 radical (unpaired) electrons. The van der Waals surface area contributed by atoms with Crippen LogP contribution < -0.4 is 16.2 Å². The Morgan fingerprint density at radius 3 is 2.23 bits per heavy atom. The number of piperidine rings is 1. The van der Waals surface area contributed by atoms with Gasteiger partial charge in [0.2, 0.25) is 5.56 Å². The lowest BCUT2D eigenvalue weighted by Crippen LogP contribution is -2.30. The number of para-hydroxylation sites is 1. The molecule has 1 fully saturated rings. The average molecular weight is 643 g/mol. The van der Waals surface area contributed by atoms with E-state index in [1.54, 1.807) is 24.3 Å². The number of hydrogen-bond acceptors (Lipinski definition) is 6. The minimum atomic E-state index is -1.05. The lowest BCUT2D eigenvalue weighted by atomic mass is 10.0. The predicted octanol–water partition coefficient (Wildman–Crippen LogP) is 7.52. The highest BCUT2D eigenvalue weighted by atomic mass is 16.4. The fourth-order valence-electron chi connectivity index (χ4n) is 6.13. The van der Waals surface area contributed by atoms with Crippen LogP contribution in [0.4, 0.5) is 10.5 Å². The average Bonchev–Trinajstić information content (AvgIpc) is 3.08. The number of nitrogens with zero attached hydrogens (tertiary/aromatic N) is 1. The number of carboxylic acid groups (broad SMARTS) is 1. The van der Waals surface area contributed by atoms with E-state index in [0.717, 1.165) is 24.1 Å². The number of nitrogens with one attached hydrogen (secondary N) is 3. The number of fused-ring (bicyclic) bond motifs is 1. The zero-order valence-corrected chi connectivity index (χ0v) is 27.3. The summed E-state index contributed by atoms with van der Waals surface area (Å²) in [4.78, 5) is 27.4. The maximum absolute atomic E-state index is 11.5. The van der Waals surface area contributed by atoms with Crippen molar-refractivity contribution in [2.24, 2.45) is 0 Å². The molecule has 9 nitrogen and oxygen atoms in total. The zero-order chi connectivity index (χ0) is 33.3. The van der Waals surface area contributed by atoms with E-state index in [1.165, 1.54) is 89.6 Å². The van der Waals surface area contributed by atoms with Gasteiger partial charge in [0.15, 0.2) is 0 Å². The Labute approximate surface area is 277 Å². The van der Waals surface area contributed by atoms with Gasteiger partial charge in [-0.1, -0.05) is 93.1 Å². The zero-order valence-electron chi connectivity index (χ0n) is 27.3. The van der Waals surface area contributed by atoms with Crippen LogP contribution in [0.1, 0.15) is 75.9 Å². The van der Waals surface area contributed by atoms with Crippen LogP contribution in [-0.4, -0.2) is 64.0 Å². The molecule has 2 heterocycles. The van der Waals surface area contributed by atoms with Gasteiger partial charge in [-0.05, 0) is 81.2 Å². The quantitative estimate of drug-likeness (QED) is 0.0738. The Morgan fingerprint density at radius 1 is 0.809 bits per heavy atom. The molecule has 0 saturated carbocycles. The normalized spacial score (nSPS) is 13.9. The number of benzene rings is 3. The summed E-state index contributed by atoms with van der Waals surface area (Å²) >= 11 is 0. The second-order valence-electron chi connectivity index (χ2n) is 12.2. The number of aliphatic hydroxyl groups excluding tert-OH is 1. The number of aromatic amines is 1. The minimum Gasteiger partial charge on any atom is -0.506 e. The number of carbonyl (C=O) groups is 1. The van der Waals surface area contributed by atoms with Crippen molar-refractivity contribution in [2.75, 3.05) is 38.0 Å². The van der Waals surface area contributed by atoms with E-state index in [4.69, 9.17) is 5.11 Å². The van der Waals surface area contributed by atoms with Gasteiger partial charge >= 0.3 is 6.09 Å². The van der Waals surface area contributed by atoms with E-state index in [9.17, 15) is 19.8 Å². The number of rotatable bonds is 15. The molecule has 252 valence electrons. The maximum atomic E-state index is 11.5. The van der Waals surface area contributed by atoms with E-state index in [1.807, 2.05) is 42.5 Å². The lowest BCUT2D eigenvalue weighted by molar-refractivity contribution is 0.176. The summed E-state index contributed by atoms with van der Waals surface area (Å²) in [6.45, 7) is 5.25. The third-order valence-corrected chi connectivity index (χ3v) is 8.63. The minimum absolute atomic E-state index is 0.0168. The van der Waals surface area contributed by atoms with Gasteiger partial charge in [0.05, 0.1) is 17.3 Å². The van der Waals surface area contributed by atoms with Crippen LogP contribution in [0.2, 0.25) is 0 Å². The molecule has 1 aromatic heterocycles. The number of aliphatic hydroxyl groups is 1. The summed E-state index contributed by atoms with van der Waals surface area (Å²) < 4.78 is 0. The third-order valence-electron chi connectivity index (χ3n) is 8.63. The summed E-state index contributed by atoms with van der Waals surface area (Å²) in [5.41, 5.74) is 3.29. The first-order valence-electron chi connectivity index (χ1n) is 17.0. The Morgan fingerprint density at radius 2 is 1.49 bits per heavy atom. The molecule has 4 aromatic rings. The number of amides is 1. The monoisotopic (exact) mass is 642 g/mol. The highest BCUT2D eigenvalue weighted by molar-refractivity contribution is 5.90. The number of unbranched alkanes of at least 4 members (excludes halogenated alkanes) is 6. The summed E-state index contributed by atoms with van der Waals surface area (Å²) in [5.74, 6) is 0.0168. The van der Waals surface area contributed by atoms with E-state index in [-0.39, 0.29) is 11.3 Å². The van der Waals surface area contributed by atoms with Gasteiger partial charge in [-0.15, -0.1) is 0 Å². The molecule has 1 aliphatic heterocycles. The summed E-state index contributed by atoms with van der Waals surface area (Å²) in [7, 11) is 0. The van der Waals surface area contributed by atoms with Crippen LogP contribution >= 0.6 is 0 Å². The largest absolute Gasteiger partial charge is 0.506 e. The topological polar surface area (TPSA) is 138 Å². The highest BCUT2D eigenvalue weighted by Crippen LogP contribution is 2.29. The molecule has 9 heteroatoms. The molecular weight excluding hydrogens is 592 g/mol. The Hall–Kier alpha value is -4.18. The number of H-pyrrole nitrogens is 1. The first-order valence-corrected chi connectivity index (χ1v) is 17.0. The van der Waals surface area contributed by atoms with Gasteiger partial charge in [-0.25, -0.2) is 4.79 Å². The molecule has 47 heavy (non-hydrogen) atoms. The third kappa shape index (κ3) is 11.8. The van der Waals surface area contributed by atoms with Crippen LogP contribution in [0.15, 0.2) is 83.7 Å². The molecule has 0 unspecified atom stereocenters.